The van der Waals surface area contributed by atoms with E-state index in [4.69, 9.17) is 17.3 Å². The van der Waals surface area contributed by atoms with Gasteiger partial charge in [0, 0.05) is 5.69 Å². The number of nitrogens with two attached hydrogens (primary N) is 1. The molecular weight excluding hydrogens is 335 g/mol. The van der Waals surface area contributed by atoms with Gasteiger partial charge in [0.25, 0.3) is 5.91 Å². The van der Waals surface area contributed by atoms with Gasteiger partial charge in [-0.2, -0.15) is 0 Å². The maximum absolute atomic E-state index is 13.5. The normalized spacial score (nSPS) is 10.3. The smallest absolute Gasteiger partial charge is 0.258 e. The van der Waals surface area contributed by atoms with Crippen molar-refractivity contribution in [3.63, 3.8) is 0 Å². The zero-order valence-corrected chi connectivity index (χ0v) is 11.9. The molecule has 0 aliphatic carbocycles. The maximum Gasteiger partial charge on any atom is 0.258 e. The van der Waals surface area contributed by atoms with E-state index in [2.05, 4.69) is 21.2 Å². The fourth-order valence-corrected chi connectivity index (χ4v) is 2.04. The molecule has 2 rings (SSSR count). The summed E-state index contributed by atoms with van der Waals surface area (Å²) < 4.78 is 14.1. The van der Waals surface area contributed by atoms with Crippen LogP contribution in [0.3, 0.4) is 0 Å². The van der Waals surface area contributed by atoms with Gasteiger partial charge in [0.2, 0.25) is 0 Å². The van der Waals surface area contributed by atoms with Gasteiger partial charge in [-0.1, -0.05) is 17.7 Å². The first-order chi connectivity index (χ1) is 8.99. The molecule has 0 heterocycles. The van der Waals surface area contributed by atoms with Crippen LogP contribution >= 0.6 is 27.5 Å². The second-order valence-corrected chi connectivity index (χ2v) is 4.99. The van der Waals surface area contributed by atoms with Crippen molar-refractivity contribution in [3.8, 4) is 0 Å². The number of hydrogen-bond donors (Lipinski definition) is 2. The van der Waals surface area contributed by atoms with E-state index in [0.29, 0.717) is 20.9 Å². The van der Waals surface area contributed by atoms with Gasteiger partial charge in [0.1, 0.15) is 5.82 Å². The van der Waals surface area contributed by atoms with E-state index in [0.717, 1.165) is 6.07 Å². The van der Waals surface area contributed by atoms with Crippen LogP contribution in [-0.2, 0) is 0 Å². The highest BCUT2D eigenvalue weighted by molar-refractivity contribution is 9.10. The predicted octanol–water partition coefficient (Wildman–Crippen LogP) is 4.08. The van der Waals surface area contributed by atoms with Gasteiger partial charge in [0.05, 0.1) is 20.7 Å². The summed E-state index contributed by atoms with van der Waals surface area (Å²) >= 11 is 9.16. The number of rotatable bonds is 2. The van der Waals surface area contributed by atoms with Crippen LogP contribution in [0.5, 0.6) is 0 Å². The highest BCUT2D eigenvalue weighted by atomic mass is 79.9. The van der Waals surface area contributed by atoms with Gasteiger partial charge >= 0.3 is 0 Å². The molecule has 0 aromatic heterocycles. The van der Waals surface area contributed by atoms with Gasteiger partial charge < -0.3 is 11.1 Å². The molecule has 0 fully saturated rings. The lowest BCUT2D eigenvalue weighted by Gasteiger charge is -2.09. The Bertz CT molecular complexity index is 649. The van der Waals surface area contributed by atoms with Gasteiger partial charge in [-0.25, -0.2) is 4.39 Å². The fourth-order valence-electron chi connectivity index (χ4n) is 1.51. The second kappa shape index (κ2) is 5.59. The molecule has 0 saturated carbocycles. The van der Waals surface area contributed by atoms with E-state index in [9.17, 15) is 9.18 Å². The summed E-state index contributed by atoms with van der Waals surface area (Å²) in [5, 5.41) is 3.02. The number of hydrogen-bond acceptors (Lipinski definition) is 2. The van der Waals surface area contributed by atoms with Crippen molar-refractivity contribution in [2.45, 2.75) is 0 Å². The van der Waals surface area contributed by atoms with Crippen molar-refractivity contribution in [2.75, 3.05) is 11.1 Å². The van der Waals surface area contributed by atoms with Crippen molar-refractivity contribution >= 4 is 44.8 Å². The number of amides is 1. The molecule has 6 heteroatoms. The van der Waals surface area contributed by atoms with Crippen molar-refractivity contribution in [2.24, 2.45) is 0 Å². The minimum absolute atomic E-state index is 0.119. The first-order valence-corrected chi connectivity index (χ1v) is 6.46. The Morgan fingerprint density at radius 2 is 2.05 bits per heavy atom. The summed E-state index contributed by atoms with van der Waals surface area (Å²) in [6.45, 7) is 0. The van der Waals surface area contributed by atoms with E-state index in [-0.39, 0.29) is 5.56 Å². The molecule has 1 amide bonds. The average molecular weight is 344 g/mol. The summed E-state index contributed by atoms with van der Waals surface area (Å²) in [5.74, 6) is -1.22. The molecule has 0 aliphatic rings. The average Bonchev–Trinajstić information content (AvgIpc) is 2.38. The Morgan fingerprint density at radius 3 is 2.79 bits per heavy atom. The number of halogens is 3. The number of nitrogens with one attached hydrogen (secondary N) is 1. The van der Waals surface area contributed by atoms with E-state index in [1.165, 1.54) is 12.1 Å². The van der Waals surface area contributed by atoms with Crippen LogP contribution in [0, 0.1) is 5.82 Å². The van der Waals surface area contributed by atoms with Crippen LogP contribution in [0.1, 0.15) is 10.4 Å². The van der Waals surface area contributed by atoms with Crippen LogP contribution < -0.4 is 11.1 Å². The quantitative estimate of drug-likeness (QED) is 0.807. The van der Waals surface area contributed by atoms with Crippen molar-refractivity contribution in [1.29, 1.82) is 0 Å². The Kier molecular flexibility index (Phi) is 4.07. The van der Waals surface area contributed by atoms with Crippen LogP contribution in [0.15, 0.2) is 40.9 Å². The third-order valence-electron chi connectivity index (χ3n) is 2.43. The van der Waals surface area contributed by atoms with Gasteiger partial charge in [-0.05, 0) is 46.3 Å². The number of anilines is 2. The summed E-state index contributed by atoms with van der Waals surface area (Å²) in [7, 11) is 0. The SMILES string of the molecule is Nc1ccc(F)c(C(=O)Nc2cccc(Cl)c2Br)c1. The number of benzene rings is 2. The van der Waals surface area contributed by atoms with Crippen molar-refractivity contribution in [3.05, 3.63) is 57.3 Å². The van der Waals surface area contributed by atoms with Crippen molar-refractivity contribution in [1.82, 2.24) is 0 Å². The Hall–Kier alpha value is -1.59. The molecule has 0 spiro atoms. The minimum Gasteiger partial charge on any atom is -0.399 e. The molecule has 98 valence electrons. The van der Waals surface area contributed by atoms with Crippen molar-refractivity contribution < 1.29 is 9.18 Å². The second-order valence-electron chi connectivity index (χ2n) is 3.79. The summed E-state index contributed by atoms with van der Waals surface area (Å²) in [6.07, 6.45) is 0. The Morgan fingerprint density at radius 1 is 1.32 bits per heavy atom. The lowest BCUT2D eigenvalue weighted by atomic mass is 10.1. The molecule has 0 unspecified atom stereocenters. The zero-order valence-electron chi connectivity index (χ0n) is 9.58. The van der Waals surface area contributed by atoms with Gasteiger partial charge in [0.15, 0.2) is 0 Å². The standard InChI is InChI=1S/C13H9BrClFN2O/c14-12-9(15)2-1-3-11(12)18-13(19)8-6-7(17)4-5-10(8)16/h1-6H,17H2,(H,18,19). The molecule has 2 aromatic carbocycles. The zero-order chi connectivity index (χ0) is 14.0. The Balaban J connectivity index is 2.31. The van der Waals surface area contributed by atoms with Gasteiger partial charge in [-0.15, -0.1) is 0 Å². The molecule has 19 heavy (non-hydrogen) atoms. The molecule has 0 bridgehead atoms. The lowest BCUT2D eigenvalue weighted by molar-refractivity contribution is 0.102. The Labute approximate surface area is 122 Å². The van der Waals surface area contributed by atoms with E-state index >= 15 is 0 Å². The first-order valence-electron chi connectivity index (χ1n) is 5.29. The monoisotopic (exact) mass is 342 g/mol. The summed E-state index contributed by atoms with van der Waals surface area (Å²) in [4.78, 5) is 12.0. The number of carbonyl (C=O) groups excluding carboxylic acids is 1. The van der Waals surface area contributed by atoms with E-state index < -0.39 is 11.7 Å². The molecule has 3 N–H and O–H groups in total. The molecule has 2 aromatic rings. The molecule has 0 atom stereocenters. The van der Waals surface area contributed by atoms with E-state index in [1.54, 1.807) is 18.2 Å². The van der Waals surface area contributed by atoms with Crippen LogP contribution in [-0.4, -0.2) is 5.91 Å². The molecule has 3 nitrogen and oxygen atoms in total. The molecule has 0 radical (unpaired) electrons. The largest absolute Gasteiger partial charge is 0.399 e. The molecular formula is C13H9BrClFN2O. The lowest BCUT2D eigenvalue weighted by Crippen LogP contribution is -2.14. The molecule has 0 saturated heterocycles. The fraction of sp³-hybridized carbons (Fsp3) is 0. The molecule has 0 aliphatic heterocycles. The minimum atomic E-state index is -0.634. The van der Waals surface area contributed by atoms with E-state index in [1.807, 2.05) is 0 Å². The summed E-state index contributed by atoms with van der Waals surface area (Å²) in [6, 6.07) is 8.82. The number of carbonyl (C=O) groups is 1. The van der Waals surface area contributed by atoms with Crippen LogP contribution in [0.4, 0.5) is 15.8 Å². The highest BCUT2D eigenvalue weighted by Crippen LogP contribution is 2.30. The van der Waals surface area contributed by atoms with Crippen LogP contribution in [0.2, 0.25) is 5.02 Å². The highest BCUT2D eigenvalue weighted by Gasteiger charge is 2.14. The maximum atomic E-state index is 13.5. The topological polar surface area (TPSA) is 55.1 Å². The third-order valence-corrected chi connectivity index (χ3v) is 3.83. The van der Waals surface area contributed by atoms with Crippen LogP contribution in [0.25, 0.3) is 0 Å². The predicted molar refractivity (Wildman–Crippen MR) is 77.9 cm³/mol. The summed E-state index contributed by atoms with van der Waals surface area (Å²) in [5.41, 5.74) is 6.19. The van der Waals surface area contributed by atoms with Gasteiger partial charge in [-0.3, -0.25) is 4.79 Å². The first kappa shape index (κ1) is 13.8. The number of nitrogen functional groups attached to an aromatic ring is 1. The third kappa shape index (κ3) is 3.05.